The fraction of sp³-hybridized carbons (Fsp3) is 0.111. The zero-order valence-corrected chi connectivity index (χ0v) is 8.66. The van der Waals surface area contributed by atoms with E-state index in [9.17, 15) is 5.11 Å². The lowest BCUT2D eigenvalue weighted by molar-refractivity contribution is 0.281. The third-order valence-corrected chi connectivity index (χ3v) is 1.74. The van der Waals surface area contributed by atoms with E-state index in [1.54, 1.807) is 12.1 Å². The zero-order chi connectivity index (χ0) is 11.3. The molecule has 0 atom stereocenters. The van der Waals surface area contributed by atoms with E-state index in [2.05, 4.69) is 22.7 Å². The zero-order valence-electron chi connectivity index (χ0n) is 7.84. The van der Waals surface area contributed by atoms with Crippen LogP contribution in [0.4, 0.5) is 0 Å². The molecule has 0 saturated carbocycles. The van der Waals surface area contributed by atoms with Crippen molar-refractivity contribution in [1.82, 2.24) is 5.43 Å². The highest BCUT2D eigenvalue weighted by Crippen LogP contribution is 2.16. The predicted octanol–water partition coefficient (Wildman–Crippen LogP) is 0.0516. The Morgan fingerprint density at radius 3 is 2.93 bits per heavy atom. The highest BCUT2D eigenvalue weighted by Gasteiger charge is 1.99. The summed E-state index contributed by atoms with van der Waals surface area (Å²) >= 11 is 4.54. The molecular formula is C9H11N3O2S. The van der Waals surface area contributed by atoms with Gasteiger partial charge in [0.1, 0.15) is 5.75 Å². The van der Waals surface area contributed by atoms with Crippen LogP contribution in [0.3, 0.4) is 0 Å². The maximum absolute atomic E-state index is 9.43. The molecule has 1 aromatic carbocycles. The minimum atomic E-state index is -0.0934. The predicted molar refractivity (Wildman–Crippen MR) is 61.5 cm³/mol. The molecule has 0 spiro atoms. The maximum Gasteiger partial charge on any atom is 0.184 e. The largest absolute Gasteiger partial charge is 0.507 e. The maximum atomic E-state index is 9.43. The first kappa shape index (κ1) is 11.4. The SMILES string of the molecule is NC(=S)NN=Cc1cc(CO)ccc1O. The Hall–Kier alpha value is -1.66. The van der Waals surface area contributed by atoms with Crippen molar-refractivity contribution in [2.24, 2.45) is 10.8 Å². The number of aliphatic hydroxyl groups is 1. The van der Waals surface area contributed by atoms with E-state index in [4.69, 9.17) is 10.8 Å². The summed E-state index contributed by atoms with van der Waals surface area (Å²) in [6.07, 6.45) is 1.37. The van der Waals surface area contributed by atoms with Crippen LogP contribution >= 0.6 is 12.2 Å². The van der Waals surface area contributed by atoms with Crippen LogP contribution in [0.1, 0.15) is 11.1 Å². The van der Waals surface area contributed by atoms with Gasteiger partial charge in [-0.15, -0.1) is 0 Å². The van der Waals surface area contributed by atoms with Crippen molar-refractivity contribution < 1.29 is 10.2 Å². The fourth-order valence-corrected chi connectivity index (χ4v) is 1.02. The van der Waals surface area contributed by atoms with Gasteiger partial charge in [0.2, 0.25) is 0 Å². The molecule has 1 rings (SSSR count). The van der Waals surface area contributed by atoms with Crippen LogP contribution in [0.2, 0.25) is 0 Å². The van der Waals surface area contributed by atoms with Crippen LogP contribution in [0.15, 0.2) is 23.3 Å². The minimum Gasteiger partial charge on any atom is -0.507 e. The Kier molecular flexibility index (Phi) is 4.02. The summed E-state index contributed by atoms with van der Waals surface area (Å²) in [5.41, 5.74) is 8.68. The Bertz CT molecular complexity index is 393. The second-order valence-electron chi connectivity index (χ2n) is 2.79. The standard InChI is InChI=1S/C9H11N3O2S/c10-9(15)12-11-4-7-3-6(5-13)1-2-8(7)14/h1-4,13-14H,5H2,(H3,10,12,15). The van der Waals surface area contributed by atoms with Gasteiger partial charge in [0.25, 0.3) is 0 Å². The Labute approximate surface area is 92.2 Å². The van der Waals surface area contributed by atoms with Crippen molar-refractivity contribution in [3.8, 4) is 5.75 Å². The molecule has 0 bridgehead atoms. The molecular weight excluding hydrogens is 214 g/mol. The minimum absolute atomic E-state index is 0.0454. The van der Waals surface area contributed by atoms with Gasteiger partial charge in [-0.3, -0.25) is 5.43 Å². The Morgan fingerprint density at radius 2 is 2.33 bits per heavy atom. The third-order valence-electron chi connectivity index (χ3n) is 1.65. The number of phenols is 1. The molecule has 0 fully saturated rings. The molecule has 0 radical (unpaired) electrons. The highest BCUT2D eigenvalue weighted by molar-refractivity contribution is 7.80. The van der Waals surface area contributed by atoms with E-state index in [0.717, 1.165) is 0 Å². The van der Waals surface area contributed by atoms with Gasteiger partial charge in [0, 0.05) is 5.56 Å². The van der Waals surface area contributed by atoms with E-state index < -0.39 is 0 Å². The van der Waals surface area contributed by atoms with Gasteiger partial charge in [-0.05, 0) is 29.9 Å². The first-order chi connectivity index (χ1) is 7.13. The van der Waals surface area contributed by atoms with Crippen molar-refractivity contribution in [2.75, 3.05) is 0 Å². The molecule has 0 unspecified atom stereocenters. The van der Waals surface area contributed by atoms with Gasteiger partial charge >= 0.3 is 0 Å². The smallest absolute Gasteiger partial charge is 0.184 e. The van der Waals surface area contributed by atoms with Crippen LogP contribution in [0.25, 0.3) is 0 Å². The number of nitrogens with one attached hydrogen (secondary N) is 1. The normalized spacial score (nSPS) is 10.5. The Morgan fingerprint density at radius 1 is 1.60 bits per heavy atom. The van der Waals surface area contributed by atoms with E-state index in [-0.39, 0.29) is 17.5 Å². The van der Waals surface area contributed by atoms with Crippen molar-refractivity contribution in [1.29, 1.82) is 0 Å². The summed E-state index contributed by atoms with van der Waals surface area (Å²) in [6.45, 7) is -0.0934. The lowest BCUT2D eigenvalue weighted by Crippen LogP contribution is -2.24. The number of nitrogens with zero attached hydrogens (tertiary/aromatic N) is 1. The molecule has 0 heterocycles. The van der Waals surface area contributed by atoms with Crippen LogP contribution < -0.4 is 11.2 Å². The average Bonchev–Trinajstić information content (AvgIpc) is 2.20. The summed E-state index contributed by atoms with van der Waals surface area (Å²) in [5.74, 6) is 0.0701. The summed E-state index contributed by atoms with van der Waals surface area (Å²) in [7, 11) is 0. The topological polar surface area (TPSA) is 90.9 Å². The molecule has 15 heavy (non-hydrogen) atoms. The molecule has 1 aromatic rings. The first-order valence-corrected chi connectivity index (χ1v) is 4.55. The number of hydrogen-bond donors (Lipinski definition) is 4. The van der Waals surface area contributed by atoms with Crippen molar-refractivity contribution >= 4 is 23.5 Å². The molecule has 0 amide bonds. The van der Waals surface area contributed by atoms with Gasteiger partial charge in [-0.2, -0.15) is 5.10 Å². The molecule has 0 saturated heterocycles. The number of aliphatic hydroxyl groups excluding tert-OH is 1. The molecule has 5 N–H and O–H groups in total. The first-order valence-electron chi connectivity index (χ1n) is 4.14. The number of benzene rings is 1. The monoisotopic (exact) mass is 225 g/mol. The van der Waals surface area contributed by atoms with Crippen molar-refractivity contribution in [3.05, 3.63) is 29.3 Å². The lowest BCUT2D eigenvalue weighted by Gasteiger charge is -2.01. The van der Waals surface area contributed by atoms with E-state index in [1.165, 1.54) is 12.3 Å². The molecule has 0 aromatic heterocycles. The van der Waals surface area contributed by atoms with E-state index in [0.29, 0.717) is 11.1 Å². The molecule has 0 aliphatic rings. The highest BCUT2D eigenvalue weighted by atomic mass is 32.1. The summed E-state index contributed by atoms with van der Waals surface area (Å²) in [4.78, 5) is 0. The number of rotatable bonds is 3. The van der Waals surface area contributed by atoms with Crippen molar-refractivity contribution in [3.63, 3.8) is 0 Å². The van der Waals surface area contributed by atoms with Gasteiger partial charge in [0.05, 0.1) is 12.8 Å². The van der Waals surface area contributed by atoms with Gasteiger partial charge in [0.15, 0.2) is 5.11 Å². The molecule has 6 heteroatoms. The second-order valence-corrected chi connectivity index (χ2v) is 3.23. The summed E-state index contributed by atoms with van der Waals surface area (Å²) in [5, 5.41) is 22.1. The van der Waals surface area contributed by atoms with Gasteiger partial charge in [-0.25, -0.2) is 0 Å². The van der Waals surface area contributed by atoms with E-state index >= 15 is 0 Å². The lowest BCUT2D eigenvalue weighted by atomic mass is 10.1. The molecule has 5 nitrogen and oxygen atoms in total. The quantitative estimate of drug-likeness (QED) is 0.331. The number of thiocarbonyl (C=S) groups is 1. The van der Waals surface area contributed by atoms with E-state index in [1.807, 2.05) is 0 Å². The fourth-order valence-electron chi connectivity index (χ4n) is 0.971. The number of hydrogen-bond acceptors (Lipinski definition) is 4. The number of aromatic hydroxyl groups is 1. The van der Waals surface area contributed by atoms with Crippen LogP contribution in [0, 0.1) is 0 Å². The van der Waals surface area contributed by atoms with Gasteiger partial charge < -0.3 is 15.9 Å². The van der Waals surface area contributed by atoms with Crippen LogP contribution in [-0.2, 0) is 6.61 Å². The molecule has 0 aliphatic heterocycles. The van der Waals surface area contributed by atoms with Gasteiger partial charge in [-0.1, -0.05) is 6.07 Å². The molecule has 0 aliphatic carbocycles. The number of phenolic OH excluding ortho intramolecular Hbond substituents is 1. The summed E-state index contributed by atoms with van der Waals surface area (Å²) in [6, 6.07) is 4.71. The summed E-state index contributed by atoms with van der Waals surface area (Å²) < 4.78 is 0. The van der Waals surface area contributed by atoms with Crippen LogP contribution in [0.5, 0.6) is 5.75 Å². The second kappa shape index (κ2) is 5.28. The van der Waals surface area contributed by atoms with Crippen LogP contribution in [-0.4, -0.2) is 21.5 Å². The number of hydrazone groups is 1. The van der Waals surface area contributed by atoms with Crippen molar-refractivity contribution in [2.45, 2.75) is 6.61 Å². The third kappa shape index (κ3) is 3.53. The molecule has 80 valence electrons. The Balaban J connectivity index is 2.83. The number of nitrogens with two attached hydrogens (primary N) is 1. The average molecular weight is 225 g/mol.